The summed E-state index contributed by atoms with van der Waals surface area (Å²) in [7, 11) is 0. The van der Waals surface area contributed by atoms with Crippen molar-refractivity contribution in [2.45, 2.75) is 4.90 Å². The molecule has 0 fully saturated rings. The lowest BCUT2D eigenvalue weighted by atomic mass is 10.0. The molecule has 0 saturated heterocycles. The van der Waals surface area contributed by atoms with Crippen molar-refractivity contribution in [3.8, 4) is 0 Å². The van der Waals surface area contributed by atoms with E-state index in [0.717, 1.165) is 34.2 Å². The van der Waals surface area contributed by atoms with Crippen LogP contribution in [0.15, 0.2) is 58.4 Å². The van der Waals surface area contributed by atoms with Gasteiger partial charge in [-0.2, -0.15) is 0 Å². The molecule has 0 radical (unpaired) electrons. The van der Waals surface area contributed by atoms with Crippen LogP contribution < -0.4 is 0 Å². The average molecular weight is 310 g/mol. The monoisotopic (exact) mass is 309 g/mol. The van der Waals surface area contributed by atoms with Crippen molar-refractivity contribution in [2.75, 3.05) is 12.3 Å². The molecule has 0 atom stereocenters. The molecular formula is C15H13Cl2NS. The minimum absolute atomic E-state index is 0. The molecule has 2 aromatic rings. The maximum Gasteiger partial charge on any atom is 0.0731 e. The SMILES string of the molecule is Cl.Clc1ccc2c(c1)C(c1ccccc1)=NCCS2. The molecular weight excluding hydrogens is 297 g/mol. The van der Waals surface area contributed by atoms with Crippen LogP contribution in [0.25, 0.3) is 0 Å². The zero-order valence-electron chi connectivity index (χ0n) is 10.2. The first-order valence-electron chi connectivity index (χ1n) is 5.87. The molecule has 2 aromatic carbocycles. The lowest BCUT2D eigenvalue weighted by Gasteiger charge is -2.09. The second-order valence-corrected chi connectivity index (χ2v) is 5.66. The fraction of sp³-hybridized carbons (Fsp3) is 0.133. The van der Waals surface area contributed by atoms with E-state index in [0.29, 0.717) is 0 Å². The van der Waals surface area contributed by atoms with Crippen LogP contribution in [-0.2, 0) is 0 Å². The van der Waals surface area contributed by atoms with Crippen LogP contribution in [0.3, 0.4) is 0 Å². The van der Waals surface area contributed by atoms with E-state index in [2.05, 4.69) is 18.2 Å². The molecule has 0 spiro atoms. The van der Waals surface area contributed by atoms with Gasteiger partial charge in [0.1, 0.15) is 0 Å². The average Bonchev–Trinajstić information content (AvgIpc) is 2.61. The first-order valence-corrected chi connectivity index (χ1v) is 7.23. The van der Waals surface area contributed by atoms with Crippen molar-refractivity contribution >= 4 is 41.5 Å². The Morgan fingerprint density at radius 3 is 2.63 bits per heavy atom. The van der Waals surface area contributed by atoms with Crippen molar-refractivity contribution in [1.82, 2.24) is 0 Å². The van der Waals surface area contributed by atoms with Crippen LogP contribution >= 0.6 is 35.8 Å². The Kier molecular flexibility index (Phi) is 4.92. The quantitative estimate of drug-likeness (QED) is 0.743. The standard InChI is InChI=1S/C15H12ClNS.ClH/c16-12-6-7-14-13(10-12)15(17-8-9-18-14)11-4-2-1-3-5-11;/h1-7,10H,8-9H2;1H. The summed E-state index contributed by atoms with van der Waals surface area (Å²) in [6.45, 7) is 0.848. The summed E-state index contributed by atoms with van der Waals surface area (Å²) >= 11 is 7.96. The smallest absolute Gasteiger partial charge is 0.0731 e. The minimum Gasteiger partial charge on any atom is -0.283 e. The minimum atomic E-state index is 0. The Morgan fingerprint density at radius 2 is 1.84 bits per heavy atom. The van der Waals surface area contributed by atoms with Gasteiger partial charge >= 0.3 is 0 Å². The van der Waals surface area contributed by atoms with E-state index in [1.807, 2.05) is 42.1 Å². The van der Waals surface area contributed by atoms with Crippen LogP contribution in [0.5, 0.6) is 0 Å². The molecule has 0 bridgehead atoms. The molecule has 19 heavy (non-hydrogen) atoms. The van der Waals surface area contributed by atoms with E-state index in [1.54, 1.807) is 0 Å². The maximum atomic E-state index is 6.12. The zero-order chi connectivity index (χ0) is 12.4. The highest BCUT2D eigenvalue weighted by Crippen LogP contribution is 2.30. The van der Waals surface area contributed by atoms with E-state index >= 15 is 0 Å². The first-order chi connectivity index (χ1) is 8.84. The van der Waals surface area contributed by atoms with Gasteiger partial charge in [0.05, 0.1) is 5.71 Å². The Morgan fingerprint density at radius 1 is 1.05 bits per heavy atom. The molecule has 1 nitrogen and oxygen atoms in total. The molecule has 0 aromatic heterocycles. The summed E-state index contributed by atoms with van der Waals surface area (Å²) in [5.74, 6) is 1.02. The normalized spacial score (nSPS) is 13.8. The number of thioether (sulfide) groups is 1. The Labute approximate surface area is 128 Å². The zero-order valence-corrected chi connectivity index (χ0v) is 12.6. The summed E-state index contributed by atoms with van der Waals surface area (Å²) in [5, 5.41) is 0.764. The molecule has 0 unspecified atom stereocenters. The molecule has 1 aliphatic rings. The third kappa shape index (κ3) is 3.14. The molecule has 1 heterocycles. The number of fused-ring (bicyclic) bond motifs is 1. The van der Waals surface area contributed by atoms with Gasteiger partial charge in [-0.1, -0.05) is 41.9 Å². The molecule has 0 amide bonds. The van der Waals surface area contributed by atoms with Crippen molar-refractivity contribution in [3.63, 3.8) is 0 Å². The highest BCUT2D eigenvalue weighted by Gasteiger charge is 2.15. The number of hydrogen-bond donors (Lipinski definition) is 0. The van der Waals surface area contributed by atoms with Gasteiger partial charge in [0, 0.05) is 33.3 Å². The molecule has 1 aliphatic heterocycles. The first kappa shape index (κ1) is 14.4. The summed E-state index contributed by atoms with van der Waals surface area (Å²) in [5.41, 5.74) is 3.36. The fourth-order valence-corrected chi connectivity index (χ4v) is 3.10. The van der Waals surface area contributed by atoms with Crippen LogP contribution in [0.2, 0.25) is 5.02 Å². The number of aliphatic imine (C=N–C) groups is 1. The van der Waals surface area contributed by atoms with E-state index in [1.165, 1.54) is 4.90 Å². The summed E-state index contributed by atoms with van der Waals surface area (Å²) in [6, 6.07) is 16.3. The van der Waals surface area contributed by atoms with E-state index < -0.39 is 0 Å². The Bertz CT molecular complexity index is 596. The van der Waals surface area contributed by atoms with Crippen molar-refractivity contribution in [2.24, 2.45) is 4.99 Å². The maximum absolute atomic E-state index is 6.12. The Hall–Kier alpha value is -0.960. The van der Waals surface area contributed by atoms with Crippen LogP contribution in [0.4, 0.5) is 0 Å². The van der Waals surface area contributed by atoms with Crippen LogP contribution in [-0.4, -0.2) is 18.0 Å². The third-order valence-electron chi connectivity index (χ3n) is 2.86. The summed E-state index contributed by atoms with van der Waals surface area (Å²) < 4.78 is 0. The lowest BCUT2D eigenvalue weighted by Crippen LogP contribution is -2.04. The molecule has 3 rings (SSSR count). The number of hydrogen-bond acceptors (Lipinski definition) is 2. The van der Waals surface area contributed by atoms with Crippen LogP contribution in [0.1, 0.15) is 11.1 Å². The number of benzene rings is 2. The van der Waals surface area contributed by atoms with E-state index in [9.17, 15) is 0 Å². The van der Waals surface area contributed by atoms with Crippen molar-refractivity contribution in [3.05, 3.63) is 64.7 Å². The van der Waals surface area contributed by atoms with Gasteiger partial charge in [0.2, 0.25) is 0 Å². The van der Waals surface area contributed by atoms with Gasteiger partial charge in [0.25, 0.3) is 0 Å². The topological polar surface area (TPSA) is 12.4 Å². The second kappa shape index (κ2) is 6.47. The second-order valence-electron chi connectivity index (χ2n) is 4.09. The summed E-state index contributed by atoms with van der Waals surface area (Å²) in [4.78, 5) is 5.98. The predicted octanol–water partition coefficient (Wildman–Crippen LogP) is 4.70. The number of halogens is 2. The molecule has 0 N–H and O–H groups in total. The van der Waals surface area contributed by atoms with E-state index in [4.69, 9.17) is 16.6 Å². The van der Waals surface area contributed by atoms with Gasteiger partial charge < -0.3 is 0 Å². The van der Waals surface area contributed by atoms with Gasteiger partial charge in [-0.25, -0.2) is 0 Å². The van der Waals surface area contributed by atoms with E-state index in [-0.39, 0.29) is 12.4 Å². The molecule has 98 valence electrons. The van der Waals surface area contributed by atoms with Gasteiger partial charge in [-0.05, 0) is 18.2 Å². The fourth-order valence-electron chi connectivity index (χ4n) is 2.05. The lowest BCUT2D eigenvalue weighted by molar-refractivity contribution is 1.15. The van der Waals surface area contributed by atoms with Gasteiger partial charge in [-0.3, -0.25) is 4.99 Å². The highest BCUT2D eigenvalue weighted by atomic mass is 35.5. The highest BCUT2D eigenvalue weighted by molar-refractivity contribution is 7.99. The number of nitrogens with zero attached hydrogens (tertiary/aromatic N) is 1. The molecule has 4 heteroatoms. The summed E-state index contributed by atoms with van der Waals surface area (Å²) in [6.07, 6.45) is 0. The largest absolute Gasteiger partial charge is 0.283 e. The van der Waals surface area contributed by atoms with Crippen LogP contribution in [0, 0.1) is 0 Å². The molecule has 0 saturated carbocycles. The van der Waals surface area contributed by atoms with Gasteiger partial charge in [0.15, 0.2) is 0 Å². The van der Waals surface area contributed by atoms with Gasteiger partial charge in [-0.15, -0.1) is 24.2 Å². The Balaban J connectivity index is 0.00000133. The predicted molar refractivity (Wildman–Crippen MR) is 86.4 cm³/mol. The molecule has 0 aliphatic carbocycles. The van der Waals surface area contributed by atoms with Crippen molar-refractivity contribution in [1.29, 1.82) is 0 Å². The third-order valence-corrected chi connectivity index (χ3v) is 4.15. The van der Waals surface area contributed by atoms with Crippen molar-refractivity contribution < 1.29 is 0 Å². The number of rotatable bonds is 1.